The van der Waals surface area contributed by atoms with E-state index in [4.69, 9.17) is 11.6 Å². The summed E-state index contributed by atoms with van der Waals surface area (Å²) in [6.07, 6.45) is 3.07. The van der Waals surface area contributed by atoms with E-state index in [1.807, 2.05) is 36.1 Å². The largest absolute Gasteiger partial charge is 0.322 e. The van der Waals surface area contributed by atoms with Crippen LogP contribution in [0.4, 0.5) is 11.4 Å². The van der Waals surface area contributed by atoms with Crippen LogP contribution in [0.2, 0.25) is 5.02 Å². The van der Waals surface area contributed by atoms with Gasteiger partial charge in [0.1, 0.15) is 0 Å². The Hall–Kier alpha value is -2.33. The Morgan fingerprint density at radius 3 is 2.72 bits per heavy atom. The van der Waals surface area contributed by atoms with Crippen molar-refractivity contribution in [3.8, 4) is 0 Å². The van der Waals surface area contributed by atoms with E-state index in [2.05, 4.69) is 5.32 Å². The number of aryl methyl sites for hydroxylation is 2. The van der Waals surface area contributed by atoms with Crippen molar-refractivity contribution < 1.29 is 9.59 Å². The van der Waals surface area contributed by atoms with Gasteiger partial charge in [0, 0.05) is 29.2 Å². The Morgan fingerprint density at radius 1 is 1.16 bits per heavy atom. The fourth-order valence-electron chi connectivity index (χ4n) is 3.72. The zero-order valence-electron chi connectivity index (χ0n) is 14.1. The Bertz CT molecular complexity index is 874. The highest BCUT2D eigenvalue weighted by Gasteiger charge is 2.30. The summed E-state index contributed by atoms with van der Waals surface area (Å²) in [6.45, 7) is 2.67. The standard InChI is InChI=1S/C20H19ClN2O2/c1-12-16(21)5-2-6-17(12)22-20(25)15-10-13-4-3-9-23-18(24)8-7-14(11-15)19(13)23/h2,5-6,10-11H,3-4,7-9H2,1H3,(H,22,25). The minimum atomic E-state index is -0.140. The van der Waals surface area contributed by atoms with Gasteiger partial charge in [-0.2, -0.15) is 0 Å². The lowest BCUT2D eigenvalue weighted by molar-refractivity contribution is -0.119. The summed E-state index contributed by atoms with van der Waals surface area (Å²) in [5.41, 5.74) is 5.46. The van der Waals surface area contributed by atoms with Crippen molar-refractivity contribution in [3.05, 3.63) is 57.6 Å². The van der Waals surface area contributed by atoms with Crippen molar-refractivity contribution >= 4 is 34.8 Å². The molecule has 0 unspecified atom stereocenters. The predicted molar refractivity (Wildman–Crippen MR) is 99.6 cm³/mol. The quantitative estimate of drug-likeness (QED) is 0.881. The van der Waals surface area contributed by atoms with E-state index in [9.17, 15) is 9.59 Å². The van der Waals surface area contributed by atoms with Gasteiger partial charge in [0.2, 0.25) is 5.91 Å². The molecule has 0 radical (unpaired) electrons. The minimum absolute atomic E-state index is 0.140. The van der Waals surface area contributed by atoms with Gasteiger partial charge in [-0.1, -0.05) is 17.7 Å². The van der Waals surface area contributed by atoms with Crippen LogP contribution in [0.25, 0.3) is 0 Å². The van der Waals surface area contributed by atoms with Crippen LogP contribution in [0.15, 0.2) is 30.3 Å². The number of carbonyl (C=O) groups is 2. The highest BCUT2D eigenvalue weighted by molar-refractivity contribution is 6.31. The molecule has 0 saturated heterocycles. The van der Waals surface area contributed by atoms with E-state index in [1.54, 1.807) is 6.07 Å². The number of carbonyl (C=O) groups excluding carboxylic acids is 2. The number of benzene rings is 2. The first kappa shape index (κ1) is 16.2. The number of rotatable bonds is 2. The molecule has 128 valence electrons. The molecule has 0 bridgehead atoms. The van der Waals surface area contributed by atoms with Crippen molar-refractivity contribution in [1.29, 1.82) is 0 Å². The van der Waals surface area contributed by atoms with Gasteiger partial charge < -0.3 is 10.2 Å². The van der Waals surface area contributed by atoms with E-state index < -0.39 is 0 Å². The Balaban J connectivity index is 1.69. The second-order valence-electron chi connectivity index (χ2n) is 6.66. The zero-order chi connectivity index (χ0) is 17.6. The lowest BCUT2D eigenvalue weighted by Crippen LogP contribution is -2.39. The molecule has 0 aliphatic carbocycles. The van der Waals surface area contributed by atoms with Crippen molar-refractivity contribution in [2.45, 2.75) is 32.6 Å². The maximum atomic E-state index is 12.8. The normalized spacial score (nSPS) is 15.8. The van der Waals surface area contributed by atoms with Gasteiger partial charge in [-0.25, -0.2) is 0 Å². The second-order valence-corrected chi connectivity index (χ2v) is 7.07. The van der Waals surface area contributed by atoms with E-state index in [0.717, 1.165) is 47.5 Å². The molecule has 25 heavy (non-hydrogen) atoms. The zero-order valence-corrected chi connectivity index (χ0v) is 14.8. The first-order chi connectivity index (χ1) is 12.0. The molecule has 2 heterocycles. The van der Waals surface area contributed by atoms with Crippen LogP contribution < -0.4 is 10.2 Å². The Morgan fingerprint density at radius 2 is 1.92 bits per heavy atom. The predicted octanol–water partition coefficient (Wildman–Crippen LogP) is 4.13. The number of hydrogen-bond donors (Lipinski definition) is 1. The van der Waals surface area contributed by atoms with Gasteiger partial charge in [0.05, 0.1) is 5.69 Å². The summed E-state index contributed by atoms with van der Waals surface area (Å²) in [6, 6.07) is 9.34. The molecule has 5 heteroatoms. The van der Waals surface area contributed by atoms with Crippen molar-refractivity contribution in [1.82, 2.24) is 0 Å². The summed E-state index contributed by atoms with van der Waals surface area (Å²) in [5, 5.41) is 3.59. The molecule has 0 saturated carbocycles. The summed E-state index contributed by atoms with van der Waals surface area (Å²) in [7, 11) is 0. The van der Waals surface area contributed by atoms with E-state index in [1.165, 1.54) is 0 Å². The first-order valence-corrected chi connectivity index (χ1v) is 8.95. The number of amides is 2. The molecule has 0 fully saturated rings. The van der Waals surface area contributed by atoms with Crippen LogP contribution in [0.5, 0.6) is 0 Å². The lowest BCUT2D eigenvalue weighted by Gasteiger charge is -2.35. The van der Waals surface area contributed by atoms with E-state index in [0.29, 0.717) is 23.4 Å². The number of nitrogens with one attached hydrogen (secondary N) is 1. The van der Waals surface area contributed by atoms with Crippen molar-refractivity contribution in [3.63, 3.8) is 0 Å². The van der Waals surface area contributed by atoms with Gasteiger partial charge in [0.25, 0.3) is 5.91 Å². The molecule has 2 aromatic carbocycles. The first-order valence-electron chi connectivity index (χ1n) is 8.57. The molecule has 4 nitrogen and oxygen atoms in total. The molecular weight excluding hydrogens is 336 g/mol. The van der Waals surface area contributed by atoms with Crippen LogP contribution >= 0.6 is 11.6 Å². The Labute approximate surface area is 151 Å². The molecule has 0 aromatic heterocycles. The topological polar surface area (TPSA) is 49.4 Å². The van der Waals surface area contributed by atoms with Crippen LogP contribution in [0.1, 0.15) is 39.9 Å². The smallest absolute Gasteiger partial charge is 0.255 e. The molecule has 0 atom stereocenters. The van der Waals surface area contributed by atoms with Gasteiger partial charge in [-0.3, -0.25) is 9.59 Å². The number of anilines is 2. The van der Waals surface area contributed by atoms with Crippen molar-refractivity contribution in [2.24, 2.45) is 0 Å². The summed E-state index contributed by atoms with van der Waals surface area (Å²) >= 11 is 6.13. The maximum Gasteiger partial charge on any atom is 0.255 e. The molecule has 0 spiro atoms. The van der Waals surface area contributed by atoms with Crippen LogP contribution in [0, 0.1) is 6.92 Å². The lowest BCUT2D eigenvalue weighted by atomic mass is 9.89. The fraction of sp³-hybridized carbons (Fsp3) is 0.300. The van der Waals surface area contributed by atoms with Gasteiger partial charge in [-0.05, 0) is 67.1 Å². The van der Waals surface area contributed by atoms with E-state index in [-0.39, 0.29) is 11.8 Å². The molecule has 2 aliphatic rings. The number of hydrogen-bond acceptors (Lipinski definition) is 2. The summed E-state index contributed by atoms with van der Waals surface area (Å²) in [4.78, 5) is 26.8. The third-order valence-electron chi connectivity index (χ3n) is 5.05. The number of nitrogens with zero attached hydrogens (tertiary/aromatic N) is 1. The molecule has 2 aliphatic heterocycles. The van der Waals surface area contributed by atoms with Gasteiger partial charge in [-0.15, -0.1) is 0 Å². The molecule has 1 N–H and O–H groups in total. The molecule has 2 aromatic rings. The third kappa shape index (κ3) is 2.81. The summed E-state index contributed by atoms with van der Waals surface area (Å²) in [5.74, 6) is 0.0543. The van der Waals surface area contributed by atoms with Crippen molar-refractivity contribution in [2.75, 3.05) is 16.8 Å². The average Bonchev–Trinajstić information content (AvgIpc) is 2.62. The SMILES string of the molecule is Cc1c(Cl)cccc1NC(=O)c1cc2c3c(c1)CCC(=O)N3CCC2. The minimum Gasteiger partial charge on any atom is -0.322 e. The maximum absolute atomic E-state index is 12.8. The Kier molecular flexibility index (Phi) is 4.00. The molecule has 2 amide bonds. The number of halogens is 1. The fourth-order valence-corrected chi connectivity index (χ4v) is 3.90. The molecule has 4 rings (SSSR count). The van der Waals surface area contributed by atoms with Crippen LogP contribution in [-0.2, 0) is 17.6 Å². The van der Waals surface area contributed by atoms with Gasteiger partial charge in [0.15, 0.2) is 0 Å². The second kappa shape index (κ2) is 6.19. The van der Waals surface area contributed by atoms with Crippen LogP contribution in [-0.4, -0.2) is 18.4 Å². The van der Waals surface area contributed by atoms with Gasteiger partial charge >= 0.3 is 0 Å². The highest BCUT2D eigenvalue weighted by Crippen LogP contribution is 2.36. The summed E-state index contributed by atoms with van der Waals surface area (Å²) < 4.78 is 0. The average molecular weight is 355 g/mol. The third-order valence-corrected chi connectivity index (χ3v) is 5.46. The van der Waals surface area contributed by atoms with Crippen LogP contribution in [0.3, 0.4) is 0 Å². The highest BCUT2D eigenvalue weighted by atomic mass is 35.5. The molecular formula is C20H19ClN2O2. The monoisotopic (exact) mass is 354 g/mol. The van der Waals surface area contributed by atoms with E-state index >= 15 is 0 Å².